The van der Waals surface area contributed by atoms with Gasteiger partial charge < -0.3 is 0 Å². The summed E-state index contributed by atoms with van der Waals surface area (Å²) in [6.07, 6.45) is -1.42. The minimum Gasteiger partial charge on any atom is -0.264 e. The average Bonchev–Trinajstić information content (AvgIpc) is 2.32. The van der Waals surface area contributed by atoms with Crippen LogP contribution in [0.1, 0.15) is 8.22 Å². The zero-order valence-corrected chi connectivity index (χ0v) is 6.98. The highest BCUT2D eigenvalue weighted by atomic mass is 35.5. The van der Waals surface area contributed by atoms with Crippen LogP contribution < -0.4 is 0 Å². The molecule has 3 nitrogen and oxygen atoms in total. The van der Waals surface area contributed by atoms with Crippen molar-refractivity contribution in [3.05, 3.63) is 41.9 Å². The summed E-state index contributed by atoms with van der Waals surface area (Å²) >= 11 is 5.60. The van der Waals surface area contributed by atoms with Crippen LogP contribution in [0.25, 0.3) is 11.3 Å². The SMILES string of the molecule is [2H]c1nc(Cl)nc(-c2c([2H])nc([2H])c([2H])c2[2H])c1[2H]. The summed E-state index contributed by atoms with van der Waals surface area (Å²) in [6.45, 7) is 0. The van der Waals surface area contributed by atoms with Crippen LogP contribution in [0, 0.1) is 0 Å². The van der Waals surface area contributed by atoms with E-state index < -0.39 is 36.6 Å². The lowest BCUT2D eigenvalue weighted by atomic mass is 10.2. The molecule has 2 aromatic heterocycles. The van der Waals surface area contributed by atoms with Crippen molar-refractivity contribution in [3.63, 3.8) is 0 Å². The number of nitrogens with zero attached hydrogens (tertiary/aromatic N) is 3. The minimum absolute atomic E-state index is 0.205. The van der Waals surface area contributed by atoms with Crippen molar-refractivity contribution in [2.45, 2.75) is 0 Å². The number of hydrogen-bond donors (Lipinski definition) is 0. The second kappa shape index (κ2) is 3.49. The Balaban J connectivity index is 2.83. The molecule has 2 aromatic rings. The van der Waals surface area contributed by atoms with E-state index in [2.05, 4.69) is 15.0 Å². The molecule has 0 bridgehead atoms. The van der Waals surface area contributed by atoms with Gasteiger partial charge in [0.15, 0.2) is 0 Å². The monoisotopic (exact) mass is 197 g/mol. The molecule has 0 unspecified atom stereocenters. The molecule has 64 valence electrons. The first kappa shape index (κ1) is 3.72. The van der Waals surface area contributed by atoms with Gasteiger partial charge in [0.25, 0.3) is 0 Å². The van der Waals surface area contributed by atoms with E-state index in [1.165, 1.54) is 0 Å². The van der Waals surface area contributed by atoms with Crippen molar-refractivity contribution in [3.8, 4) is 11.3 Å². The van der Waals surface area contributed by atoms with Crippen molar-refractivity contribution in [1.29, 1.82) is 0 Å². The Morgan fingerprint density at radius 3 is 3.15 bits per heavy atom. The first-order valence-corrected chi connectivity index (χ1v) is 3.66. The summed E-state index contributed by atoms with van der Waals surface area (Å²) in [5, 5.41) is -0.295. The molecule has 0 aliphatic heterocycles. The molecule has 0 atom stereocenters. The van der Waals surface area contributed by atoms with Crippen LogP contribution in [0.5, 0.6) is 0 Å². The molecule has 0 radical (unpaired) electrons. The zero-order valence-electron chi connectivity index (χ0n) is 12.2. The fourth-order valence-corrected chi connectivity index (χ4v) is 0.860. The second-order valence-corrected chi connectivity index (χ2v) is 2.38. The fourth-order valence-electron chi connectivity index (χ4n) is 0.733. The average molecular weight is 198 g/mol. The van der Waals surface area contributed by atoms with E-state index in [9.17, 15) is 0 Å². The Kier molecular flexibility index (Phi) is 0.999. The standard InChI is InChI=1S/C9H6ClN3/c10-9-12-5-3-8(13-9)7-2-1-4-11-6-7/h1-6H/i1D,2D,3D,4D,5D,6D. The number of halogens is 1. The number of rotatable bonds is 1. The lowest BCUT2D eigenvalue weighted by Gasteiger charge is -1.98. The normalized spacial score (nSPS) is 16.4. The van der Waals surface area contributed by atoms with E-state index >= 15 is 0 Å². The number of aromatic nitrogens is 3. The molecule has 13 heavy (non-hydrogen) atoms. The molecule has 2 heterocycles. The van der Waals surface area contributed by atoms with Crippen molar-refractivity contribution >= 4 is 11.6 Å². The zero-order chi connectivity index (χ0) is 14.3. The van der Waals surface area contributed by atoms with Crippen molar-refractivity contribution in [2.75, 3.05) is 0 Å². The van der Waals surface area contributed by atoms with Crippen molar-refractivity contribution in [1.82, 2.24) is 15.0 Å². The van der Waals surface area contributed by atoms with Crippen LogP contribution in [-0.2, 0) is 0 Å². The van der Waals surface area contributed by atoms with Crippen molar-refractivity contribution < 1.29 is 8.22 Å². The van der Waals surface area contributed by atoms with Gasteiger partial charge in [-0.3, -0.25) is 4.98 Å². The van der Waals surface area contributed by atoms with E-state index in [-0.39, 0.29) is 16.5 Å². The van der Waals surface area contributed by atoms with Gasteiger partial charge in [0.1, 0.15) is 0 Å². The Hall–Kier alpha value is -1.48. The largest absolute Gasteiger partial charge is 0.264 e. The summed E-state index contributed by atoms with van der Waals surface area (Å²) in [5.74, 6) is 0. The van der Waals surface area contributed by atoms with E-state index in [0.29, 0.717) is 0 Å². The van der Waals surface area contributed by atoms with E-state index in [4.69, 9.17) is 19.8 Å². The van der Waals surface area contributed by atoms with Crippen LogP contribution in [-0.4, -0.2) is 15.0 Å². The molecular weight excluding hydrogens is 186 g/mol. The Bertz CT molecular complexity index is 678. The Labute approximate surface area is 88.9 Å². The van der Waals surface area contributed by atoms with E-state index in [1.807, 2.05) is 0 Å². The summed E-state index contributed by atoms with van der Waals surface area (Å²) in [5.41, 5.74) is -0.412. The van der Waals surface area contributed by atoms with Crippen LogP contribution in [0.3, 0.4) is 0 Å². The molecular formula is C9H6ClN3. The van der Waals surface area contributed by atoms with Gasteiger partial charge in [0.2, 0.25) is 5.28 Å². The number of pyridine rings is 1. The highest BCUT2D eigenvalue weighted by Crippen LogP contribution is 2.15. The molecule has 2 rings (SSSR count). The Morgan fingerprint density at radius 2 is 2.23 bits per heavy atom. The third-order valence-corrected chi connectivity index (χ3v) is 1.40. The van der Waals surface area contributed by atoms with Crippen LogP contribution in [0.2, 0.25) is 5.28 Å². The molecule has 0 N–H and O–H groups in total. The van der Waals surface area contributed by atoms with Gasteiger partial charge in [0, 0.05) is 24.1 Å². The molecule has 0 saturated carbocycles. The maximum Gasteiger partial charge on any atom is 0.222 e. The van der Waals surface area contributed by atoms with Gasteiger partial charge >= 0.3 is 0 Å². The van der Waals surface area contributed by atoms with Crippen LogP contribution in [0.4, 0.5) is 0 Å². The van der Waals surface area contributed by atoms with Gasteiger partial charge in [-0.2, -0.15) is 0 Å². The maximum absolute atomic E-state index is 7.74. The molecule has 0 aromatic carbocycles. The highest BCUT2D eigenvalue weighted by Gasteiger charge is 1.98. The first-order valence-electron chi connectivity index (χ1n) is 6.28. The smallest absolute Gasteiger partial charge is 0.222 e. The van der Waals surface area contributed by atoms with Gasteiger partial charge in [0.05, 0.1) is 13.9 Å². The van der Waals surface area contributed by atoms with Gasteiger partial charge in [-0.25, -0.2) is 9.97 Å². The topological polar surface area (TPSA) is 38.7 Å². The lowest BCUT2D eigenvalue weighted by molar-refractivity contribution is 1.17. The van der Waals surface area contributed by atoms with Gasteiger partial charge in [-0.15, -0.1) is 0 Å². The van der Waals surface area contributed by atoms with Crippen LogP contribution >= 0.6 is 11.6 Å². The van der Waals surface area contributed by atoms with Crippen LogP contribution in [0.15, 0.2) is 36.6 Å². The molecule has 0 aliphatic rings. The maximum atomic E-state index is 7.74. The first-order chi connectivity index (χ1) is 8.82. The number of hydrogen-bond acceptors (Lipinski definition) is 3. The third kappa shape index (κ3) is 1.81. The van der Waals surface area contributed by atoms with Crippen molar-refractivity contribution in [2.24, 2.45) is 0 Å². The third-order valence-electron chi connectivity index (χ3n) is 1.23. The molecule has 0 fully saturated rings. The quantitative estimate of drug-likeness (QED) is 0.658. The molecule has 0 amide bonds. The summed E-state index contributed by atoms with van der Waals surface area (Å²) in [6, 6.07) is -1.34. The summed E-state index contributed by atoms with van der Waals surface area (Å²) in [7, 11) is 0. The predicted molar refractivity (Wildman–Crippen MR) is 50.3 cm³/mol. The van der Waals surface area contributed by atoms with Gasteiger partial charge in [-0.1, -0.05) is 0 Å². The van der Waals surface area contributed by atoms with Gasteiger partial charge in [-0.05, 0) is 29.7 Å². The summed E-state index contributed by atoms with van der Waals surface area (Å²) < 4.78 is 45.3. The predicted octanol–water partition coefficient (Wildman–Crippen LogP) is 2.19. The molecule has 0 spiro atoms. The van der Waals surface area contributed by atoms with E-state index in [1.54, 1.807) is 0 Å². The minimum atomic E-state index is -0.503. The van der Waals surface area contributed by atoms with E-state index in [0.717, 1.165) is 0 Å². The second-order valence-electron chi connectivity index (χ2n) is 2.04. The molecule has 4 heteroatoms. The highest BCUT2D eigenvalue weighted by molar-refractivity contribution is 6.28. The fraction of sp³-hybridized carbons (Fsp3) is 0. The summed E-state index contributed by atoms with van der Waals surface area (Å²) in [4.78, 5) is 10.7. The molecule has 0 aliphatic carbocycles. The Morgan fingerprint density at radius 1 is 1.31 bits per heavy atom. The molecule has 0 saturated heterocycles. The lowest BCUT2D eigenvalue weighted by Crippen LogP contribution is -1.86.